The number of carbonyl (C=O) groups is 2. The summed E-state index contributed by atoms with van der Waals surface area (Å²) < 4.78 is 5.55. The lowest BCUT2D eigenvalue weighted by atomic mass is 10.1. The Morgan fingerprint density at radius 2 is 1.61 bits per heavy atom. The van der Waals surface area contributed by atoms with E-state index in [4.69, 9.17) is 4.42 Å². The van der Waals surface area contributed by atoms with Crippen molar-refractivity contribution in [2.45, 2.75) is 65.0 Å². The number of hydrogen-bond acceptors (Lipinski definition) is 4. The summed E-state index contributed by atoms with van der Waals surface area (Å²) in [7, 11) is 4.03. The Labute approximate surface area is 244 Å². The highest BCUT2D eigenvalue weighted by Gasteiger charge is 2.23. The van der Waals surface area contributed by atoms with Crippen molar-refractivity contribution in [1.29, 1.82) is 0 Å². The number of unbranched alkanes of at least 4 members (excludes halogenated alkanes) is 4. The zero-order valence-corrected chi connectivity index (χ0v) is 24.8. The average Bonchev–Trinajstić information content (AvgIpc) is 3.65. The van der Waals surface area contributed by atoms with Gasteiger partial charge in [-0.05, 0) is 54.3 Å². The molecule has 0 aliphatic rings. The number of rotatable bonds is 16. The Kier molecular flexibility index (Phi) is 11.1. The number of aromatic amines is 1. The molecule has 0 saturated carbocycles. The molecule has 7 nitrogen and oxygen atoms in total. The number of furan rings is 1. The van der Waals surface area contributed by atoms with E-state index in [1.807, 2.05) is 49.5 Å². The quantitative estimate of drug-likeness (QED) is 0.154. The molecule has 0 unspecified atom stereocenters. The zero-order valence-electron chi connectivity index (χ0n) is 24.8. The van der Waals surface area contributed by atoms with Crippen LogP contribution >= 0.6 is 0 Å². The first-order valence-electron chi connectivity index (χ1n) is 14.8. The van der Waals surface area contributed by atoms with Gasteiger partial charge in [0.15, 0.2) is 0 Å². The Morgan fingerprint density at radius 1 is 0.829 bits per heavy atom. The number of para-hydroxylation sites is 1. The van der Waals surface area contributed by atoms with E-state index in [1.165, 1.54) is 23.8 Å². The van der Waals surface area contributed by atoms with E-state index in [1.54, 1.807) is 11.2 Å². The molecule has 0 saturated heterocycles. The molecule has 2 heterocycles. The predicted molar refractivity (Wildman–Crippen MR) is 166 cm³/mol. The van der Waals surface area contributed by atoms with E-state index in [2.05, 4.69) is 53.2 Å². The molecule has 1 N–H and O–H groups in total. The zero-order chi connectivity index (χ0) is 29.0. The average molecular weight is 557 g/mol. The molecule has 7 heteroatoms. The Bertz CT molecular complexity index is 1360. The summed E-state index contributed by atoms with van der Waals surface area (Å²) in [6.45, 7) is 3.53. The smallest absolute Gasteiger partial charge is 0.242 e. The molecule has 2 aromatic carbocycles. The van der Waals surface area contributed by atoms with Crippen LogP contribution in [-0.4, -0.2) is 53.8 Å². The van der Waals surface area contributed by atoms with E-state index < -0.39 is 0 Å². The lowest BCUT2D eigenvalue weighted by Gasteiger charge is -2.28. The van der Waals surface area contributed by atoms with Crippen molar-refractivity contribution in [2.24, 2.45) is 0 Å². The summed E-state index contributed by atoms with van der Waals surface area (Å²) in [6, 6.07) is 20.2. The van der Waals surface area contributed by atoms with Crippen LogP contribution in [0.15, 0.2) is 77.5 Å². The molecular weight excluding hydrogens is 512 g/mol. The number of H-pyrrole nitrogens is 1. The van der Waals surface area contributed by atoms with Gasteiger partial charge in [-0.3, -0.25) is 9.59 Å². The number of fused-ring (bicyclic) bond motifs is 1. The predicted octanol–water partition coefficient (Wildman–Crippen LogP) is 6.79. The van der Waals surface area contributed by atoms with Crippen molar-refractivity contribution < 1.29 is 14.0 Å². The molecule has 0 atom stereocenters. The summed E-state index contributed by atoms with van der Waals surface area (Å²) in [5.41, 5.74) is 4.44. The number of anilines is 1. The third kappa shape index (κ3) is 8.74. The second-order valence-corrected chi connectivity index (χ2v) is 11.0. The second-order valence-electron chi connectivity index (χ2n) is 11.0. The van der Waals surface area contributed by atoms with Crippen LogP contribution in [0.25, 0.3) is 10.9 Å². The van der Waals surface area contributed by atoms with E-state index in [0.29, 0.717) is 31.8 Å². The number of aromatic nitrogens is 1. The number of nitrogens with one attached hydrogen (secondary N) is 1. The number of nitrogens with zero attached hydrogens (tertiary/aromatic N) is 3. The minimum atomic E-state index is -0.0626. The van der Waals surface area contributed by atoms with E-state index in [9.17, 15) is 9.59 Å². The fraction of sp³-hybridized carbons (Fsp3) is 0.412. The van der Waals surface area contributed by atoms with Crippen LogP contribution < -0.4 is 4.90 Å². The number of carbonyl (C=O) groups excluding carboxylic acids is 2. The van der Waals surface area contributed by atoms with Crippen molar-refractivity contribution in [3.05, 3.63) is 90.0 Å². The topological polar surface area (TPSA) is 72.8 Å². The molecule has 2 amide bonds. The summed E-state index contributed by atoms with van der Waals surface area (Å²) in [6.07, 6.45) is 10.2. The first-order chi connectivity index (χ1) is 19.9. The normalized spacial score (nSPS) is 11.1. The maximum Gasteiger partial charge on any atom is 0.242 e. The van der Waals surface area contributed by atoms with Gasteiger partial charge in [0.1, 0.15) is 12.3 Å². The Hall–Kier alpha value is -4.00. The SMILES string of the molecule is CCCCCCCC(=O)N(CC(=O)N(CCc1c[nH]c2ccccc12)Cc1ccc(N(C)C)cc1)Cc1ccco1. The van der Waals surface area contributed by atoms with Crippen LogP contribution in [0.3, 0.4) is 0 Å². The van der Waals surface area contributed by atoms with E-state index in [0.717, 1.165) is 42.5 Å². The lowest BCUT2D eigenvalue weighted by Crippen LogP contribution is -2.43. The summed E-state index contributed by atoms with van der Waals surface area (Å²) in [5.74, 6) is 0.618. The maximum absolute atomic E-state index is 13.9. The monoisotopic (exact) mass is 556 g/mol. The van der Waals surface area contributed by atoms with Crippen LogP contribution in [0, 0.1) is 0 Å². The first kappa shape index (κ1) is 30.0. The Balaban J connectivity index is 1.49. The fourth-order valence-corrected chi connectivity index (χ4v) is 5.13. The summed E-state index contributed by atoms with van der Waals surface area (Å²) >= 11 is 0. The molecule has 218 valence electrons. The highest BCUT2D eigenvalue weighted by Crippen LogP contribution is 2.20. The van der Waals surface area contributed by atoms with Gasteiger partial charge in [0, 0.05) is 56.4 Å². The molecule has 0 radical (unpaired) electrons. The number of hydrogen-bond donors (Lipinski definition) is 1. The van der Waals surface area contributed by atoms with Crippen molar-refractivity contribution in [1.82, 2.24) is 14.8 Å². The van der Waals surface area contributed by atoms with Crippen molar-refractivity contribution >= 4 is 28.4 Å². The lowest BCUT2D eigenvalue weighted by molar-refractivity contribution is -0.141. The van der Waals surface area contributed by atoms with Crippen LogP contribution in [-0.2, 0) is 29.1 Å². The van der Waals surface area contributed by atoms with Gasteiger partial charge in [0.25, 0.3) is 0 Å². The van der Waals surface area contributed by atoms with Gasteiger partial charge in [-0.25, -0.2) is 0 Å². The largest absolute Gasteiger partial charge is 0.467 e. The van der Waals surface area contributed by atoms with Gasteiger partial charge in [0.2, 0.25) is 11.8 Å². The van der Waals surface area contributed by atoms with Crippen molar-refractivity contribution in [3.63, 3.8) is 0 Å². The summed E-state index contributed by atoms with van der Waals surface area (Å²) in [4.78, 5) is 36.2. The molecular formula is C34H44N4O3. The van der Waals surface area contributed by atoms with Crippen LogP contribution in [0.4, 0.5) is 5.69 Å². The van der Waals surface area contributed by atoms with Gasteiger partial charge >= 0.3 is 0 Å². The molecule has 0 fully saturated rings. The number of amides is 2. The van der Waals surface area contributed by atoms with Crippen molar-refractivity contribution in [2.75, 3.05) is 32.1 Å². The third-order valence-electron chi connectivity index (χ3n) is 7.60. The van der Waals surface area contributed by atoms with Crippen LogP contribution in [0.1, 0.15) is 62.3 Å². The van der Waals surface area contributed by atoms with E-state index in [-0.39, 0.29) is 18.4 Å². The third-order valence-corrected chi connectivity index (χ3v) is 7.60. The molecule has 0 aliphatic carbocycles. The second kappa shape index (κ2) is 15.1. The molecule has 2 aromatic heterocycles. The minimum absolute atomic E-state index is 0.00170. The van der Waals surface area contributed by atoms with Crippen molar-refractivity contribution in [3.8, 4) is 0 Å². The molecule has 41 heavy (non-hydrogen) atoms. The molecule has 0 aliphatic heterocycles. The maximum atomic E-state index is 13.9. The Morgan fingerprint density at radius 3 is 2.34 bits per heavy atom. The van der Waals surface area contributed by atoms with Gasteiger partial charge in [-0.15, -0.1) is 0 Å². The summed E-state index contributed by atoms with van der Waals surface area (Å²) in [5, 5.41) is 1.17. The minimum Gasteiger partial charge on any atom is -0.467 e. The van der Waals surface area contributed by atoms with Gasteiger partial charge in [-0.1, -0.05) is 62.9 Å². The molecule has 0 spiro atoms. The van der Waals surface area contributed by atoms with Crippen LogP contribution in [0.5, 0.6) is 0 Å². The first-order valence-corrected chi connectivity index (χ1v) is 14.8. The molecule has 0 bridgehead atoms. The molecule has 4 aromatic rings. The fourth-order valence-electron chi connectivity index (χ4n) is 5.13. The highest BCUT2D eigenvalue weighted by atomic mass is 16.3. The van der Waals surface area contributed by atoms with E-state index >= 15 is 0 Å². The van der Waals surface area contributed by atoms with Crippen LogP contribution in [0.2, 0.25) is 0 Å². The molecule has 4 rings (SSSR count). The van der Waals surface area contributed by atoms with Gasteiger partial charge < -0.3 is 24.1 Å². The number of benzene rings is 2. The van der Waals surface area contributed by atoms with Gasteiger partial charge in [-0.2, -0.15) is 0 Å². The highest BCUT2D eigenvalue weighted by molar-refractivity contribution is 5.85. The van der Waals surface area contributed by atoms with Gasteiger partial charge in [0.05, 0.1) is 12.8 Å². The standard InChI is InChI=1S/C34H44N4O3/c1-4-5-6-7-8-15-33(39)38(25-30-12-11-22-41-30)26-34(40)37(24-27-16-18-29(19-17-27)36(2)3)21-20-28-23-35-32-14-10-9-13-31(28)32/h9-14,16-19,22-23,35H,4-8,15,20-21,24-26H2,1-3H3.